The van der Waals surface area contributed by atoms with Gasteiger partial charge in [-0.1, -0.05) is 60.7 Å². The van der Waals surface area contributed by atoms with Crippen LogP contribution in [-0.2, 0) is 0 Å². The number of rotatable bonds is 7. The molecule has 17 nitrogen and oxygen atoms in total. The molecule has 6 heterocycles. The number of carboxylic acid groups (broad SMARTS) is 2. The van der Waals surface area contributed by atoms with Crippen molar-refractivity contribution in [2.45, 2.75) is 0 Å². The van der Waals surface area contributed by atoms with Gasteiger partial charge in [0.15, 0.2) is 23.3 Å². The number of pyridine rings is 2. The number of hydrogen-bond acceptors (Lipinski definition) is 10. The number of carboxylic acids is 2. The van der Waals surface area contributed by atoms with Crippen molar-refractivity contribution in [2.75, 3.05) is 0 Å². The van der Waals surface area contributed by atoms with Gasteiger partial charge >= 0.3 is 66.5 Å². The minimum absolute atomic E-state index is 0. The van der Waals surface area contributed by atoms with Crippen LogP contribution in [0.15, 0.2) is 152 Å². The standard InChI is InChI=1S/2C19H13N5.C8H5NO6.2Pb/c2*1-2-7-13-12(6-1)21-18(22-13)16-10-5-11-17(20-16)19-23-14-8-3-4-9-15(14)24-19;10-7(11)4-1-5(8(12)13)3-6(2-4)9(14)15;;/h2*1-11H,(H,21,22)(H,23,24);1-3H,(H,10,11)(H,12,13);;/q;;;2*+2. The Bertz CT molecular complexity index is 2930. The summed E-state index contributed by atoms with van der Waals surface area (Å²) in [5, 5.41) is 27.5. The molecule has 11 aromatic rings. The van der Waals surface area contributed by atoms with E-state index in [-0.39, 0.29) is 54.6 Å². The number of nitrogens with zero attached hydrogens (tertiary/aromatic N) is 7. The average Bonchev–Trinajstić information content (AvgIpc) is 4.14. The van der Waals surface area contributed by atoms with Gasteiger partial charge in [-0.2, -0.15) is 0 Å². The number of aromatic nitrogens is 10. The third-order valence-corrected chi connectivity index (χ3v) is 9.65. The number of aromatic carboxylic acids is 2. The number of fused-ring (bicyclic) bond motifs is 4. The summed E-state index contributed by atoms with van der Waals surface area (Å²) in [4.78, 5) is 71.7. The van der Waals surface area contributed by atoms with E-state index >= 15 is 0 Å². The second kappa shape index (κ2) is 19.9. The van der Waals surface area contributed by atoms with Crippen LogP contribution in [0.3, 0.4) is 0 Å². The Morgan fingerprint density at radius 2 is 0.692 bits per heavy atom. The zero-order valence-corrected chi connectivity index (χ0v) is 41.4. The van der Waals surface area contributed by atoms with Crippen LogP contribution in [-0.4, -0.2) is 132 Å². The van der Waals surface area contributed by atoms with E-state index in [0.717, 1.165) is 108 Å². The third-order valence-electron chi connectivity index (χ3n) is 9.65. The predicted octanol–water partition coefficient (Wildman–Crippen LogP) is 8.57. The van der Waals surface area contributed by atoms with Crippen molar-refractivity contribution in [3.8, 4) is 46.1 Å². The van der Waals surface area contributed by atoms with E-state index in [1.54, 1.807) is 0 Å². The zero-order chi connectivity index (χ0) is 43.5. The maximum Gasteiger partial charge on any atom is 2.00 e. The summed E-state index contributed by atoms with van der Waals surface area (Å²) >= 11 is 0. The molecule has 65 heavy (non-hydrogen) atoms. The number of benzene rings is 5. The molecule has 0 saturated carbocycles. The molecule has 6 N–H and O–H groups in total. The molecular weight excluding hydrogens is 1220 g/mol. The van der Waals surface area contributed by atoms with Crippen LogP contribution in [0.25, 0.3) is 90.2 Å². The van der Waals surface area contributed by atoms with Crippen LogP contribution in [0, 0.1) is 10.1 Å². The topological polar surface area (TPSA) is 258 Å². The Morgan fingerprint density at radius 1 is 0.415 bits per heavy atom. The van der Waals surface area contributed by atoms with Crippen molar-refractivity contribution in [1.82, 2.24) is 49.8 Å². The van der Waals surface area contributed by atoms with Crippen LogP contribution < -0.4 is 0 Å². The average molecular weight is 1250 g/mol. The van der Waals surface area contributed by atoms with Crippen molar-refractivity contribution >= 4 is 116 Å². The van der Waals surface area contributed by atoms with Crippen molar-refractivity contribution in [3.05, 3.63) is 173 Å². The largest absolute Gasteiger partial charge is 2.00 e. The number of H-pyrrole nitrogens is 4. The second-order valence-corrected chi connectivity index (χ2v) is 13.9. The molecule has 0 aliphatic rings. The molecule has 0 unspecified atom stereocenters. The molecule has 5 aromatic carbocycles. The number of nitro benzene ring substituents is 1. The number of aromatic amines is 4. The van der Waals surface area contributed by atoms with Gasteiger partial charge in [0.2, 0.25) is 0 Å². The zero-order valence-electron chi connectivity index (χ0n) is 33.6. The molecule has 0 spiro atoms. The SMILES string of the molecule is O=C(O)c1cc(C(=O)O)cc([N+](=O)[O-])c1.[Pb+2].[Pb+2].c1cc(-c2nc3ccccc3[nH]2)nc(-c2nc3ccccc3[nH]2)c1.c1cc(-c2nc3ccccc3[nH]2)nc(-c2nc3ccccc3[nH]2)c1. The fourth-order valence-corrected chi connectivity index (χ4v) is 6.66. The van der Waals surface area contributed by atoms with E-state index in [2.05, 4.69) is 39.9 Å². The van der Waals surface area contributed by atoms with Crippen molar-refractivity contribution in [2.24, 2.45) is 0 Å². The number of hydrogen-bond donors (Lipinski definition) is 6. The number of carbonyl (C=O) groups is 2. The number of imidazole rings is 4. The number of para-hydroxylation sites is 8. The third kappa shape index (κ3) is 10.1. The van der Waals surface area contributed by atoms with Crippen LogP contribution in [0.4, 0.5) is 5.69 Å². The van der Waals surface area contributed by atoms with Gasteiger partial charge in [0.05, 0.1) is 60.2 Å². The quantitative estimate of drug-likeness (QED) is 0.0498. The van der Waals surface area contributed by atoms with Crippen molar-refractivity contribution < 1.29 is 24.7 Å². The normalized spacial score (nSPS) is 10.6. The number of nitro groups is 1. The van der Waals surface area contributed by atoms with E-state index in [1.807, 2.05) is 133 Å². The Hall–Kier alpha value is -7.54. The molecule has 0 aliphatic carbocycles. The molecule has 19 heteroatoms. The van der Waals surface area contributed by atoms with Gasteiger partial charge in [0, 0.05) is 12.1 Å². The molecule has 0 saturated heterocycles. The van der Waals surface area contributed by atoms with E-state index < -0.39 is 33.7 Å². The number of non-ortho nitro benzene ring substituents is 1. The molecule has 6 aromatic heterocycles. The van der Waals surface area contributed by atoms with Gasteiger partial charge in [-0.3, -0.25) is 10.1 Å². The second-order valence-electron chi connectivity index (χ2n) is 13.9. The number of nitrogens with one attached hydrogen (secondary N) is 4. The first-order valence-electron chi connectivity index (χ1n) is 19.2. The van der Waals surface area contributed by atoms with Crippen LogP contribution in [0.5, 0.6) is 0 Å². The van der Waals surface area contributed by atoms with Gasteiger partial charge in [-0.05, 0) is 78.9 Å². The van der Waals surface area contributed by atoms with E-state index in [1.165, 1.54) is 0 Å². The van der Waals surface area contributed by atoms with Gasteiger partial charge in [-0.15, -0.1) is 0 Å². The van der Waals surface area contributed by atoms with Gasteiger partial charge in [-0.25, -0.2) is 39.5 Å². The summed E-state index contributed by atoms with van der Waals surface area (Å²) in [7, 11) is 0. The molecule has 0 atom stereocenters. The first-order chi connectivity index (χ1) is 30.6. The Labute approximate surface area is 407 Å². The molecule has 0 amide bonds. The fraction of sp³-hybridized carbons (Fsp3) is 0. The van der Waals surface area contributed by atoms with E-state index in [4.69, 9.17) is 20.2 Å². The summed E-state index contributed by atoms with van der Waals surface area (Å²) in [6, 6.07) is 46.0. The monoisotopic (exact) mass is 1250 g/mol. The Balaban J connectivity index is 0.000000148. The molecule has 4 radical (unpaired) electrons. The molecule has 0 fully saturated rings. The minimum Gasteiger partial charge on any atom is -0.478 e. The van der Waals surface area contributed by atoms with E-state index in [9.17, 15) is 19.7 Å². The summed E-state index contributed by atoms with van der Waals surface area (Å²) in [6.07, 6.45) is 0. The van der Waals surface area contributed by atoms with E-state index in [0.29, 0.717) is 0 Å². The van der Waals surface area contributed by atoms with Gasteiger partial charge in [0.1, 0.15) is 22.8 Å². The predicted molar refractivity (Wildman–Crippen MR) is 247 cm³/mol. The maximum absolute atomic E-state index is 10.5. The van der Waals surface area contributed by atoms with Crippen LogP contribution in [0.2, 0.25) is 0 Å². The molecular formula is C46H31N11O6Pb2+4. The van der Waals surface area contributed by atoms with Gasteiger partial charge in [0.25, 0.3) is 5.69 Å². The molecule has 11 rings (SSSR count). The fourth-order valence-electron chi connectivity index (χ4n) is 6.66. The van der Waals surface area contributed by atoms with Crippen molar-refractivity contribution in [3.63, 3.8) is 0 Å². The summed E-state index contributed by atoms with van der Waals surface area (Å²) < 4.78 is 0. The molecule has 310 valence electrons. The smallest absolute Gasteiger partial charge is 0.478 e. The summed E-state index contributed by atoms with van der Waals surface area (Å²) in [5.74, 6) is 0.203. The van der Waals surface area contributed by atoms with Gasteiger partial charge < -0.3 is 30.1 Å². The maximum atomic E-state index is 10.5. The Kier molecular flexibility index (Phi) is 13.9. The first-order valence-corrected chi connectivity index (χ1v) is 19.2. The minimum atomic E-state index is -1.42. The first kappa shape index (κ1) is 45.5. The summed E-state index contributed by atoms with van der Waals surface area (Å²) in [5.41, 5.74) is 9.51. The van der Waals surface area contributed by atoms with Crippen LogP contribution in [0.1, 0.15) is 20.7 Å². The van der Waals surface area contributed by atoms with Crippen molar-refractivity contribution in [1.29, 1.82) is 0 Å². The van der Waals surface area contributed by atoms with Crippen LogP contribution >= 0.6 is 0 Å². The molecule has 0 aliphatic heterocycles. The molecule has 0 bridgehead atoms. The summed E-state index contributed by atoms with van der Waals surface area (Å²) in [6.45, 7) is 0. The Morgan fingerprint density at radius 3 is 0.938 bits per heavy atom.